The van der Waals surface area contributed by atoms with Crippen molar-refractivity contribution in [3.05, 3.63) is 28.5 Å². The van der Waals surface area contributed by atoms with E-state index in [9.17, 15) is 9.18 Å². The third-order valence-electron chi connectivity index (χ3n) is 3.67. The fourth-order valence-corrected chi connectivity index (χ4v) is 2.96. The van der Waals surface area contributed by atoms with Crippen LogP contribution < -0.4 is 11.1 Å². The van der Waals surface area contributed by atoms with Gasteiger partial charge in [-0.25, -0.2) is 4.39 Å². The molecule has 0 aliphatic heterocycles. The highest BCUT2D eigenvalue weighted by Crippen LogP contribution is 2.40. The predicted octanol–water partition coefficient (Wildman–Crippen LogP) is 2.83. The van der Waals surface area contributed by atoms with E-state index in [0.29, 0.717) is 23.0 Å². The van der Waals surface area contributed by atoms with Gasteiger partial charge in [0.05, 0.1) is 5.69 Å². The Morgan fingerprint density at radius 3 is 2.65 bits per heavy atom. The Bertz CT molecular complexity index is 557. The van der Waals surface area contributed by atoms with Crippen LogP contribution >= 0.6 is 15.9 Å². The van der Waals surface area contributed by atoms with E-state index in [-0.39, 0.29) is 11.7 Å². The summed E-state index contributed by atoms with van der Waals surface area (Å²) in [5.74, 6) is -0.815. The molecular weight excluding hydrogens is 329 g/mol. The van der Waals surface area contributed by atoms with Crippen LogP contribution in [0, 0.1) is 11.2 Å². The zero-order valence-corrected chi connectivity index (χ0v) is 12.3. The maximum atomic E-state index is 13.0. The van der Waals surface area contributed by atoms with Gasteiger partial charge in [-0.3, -0.25) is 4.79 Å². The first-order valence-corrected chi connectivity index (χ1v) is 7.03. The minimum absolute atomic E-state index is 0.0780. The molecule has 0 spiro atoms. The van der Waals surface area contributed by atoms with Crippen LogP contribution in [0.2, 0.25) is 0 Å². The van der Waals surface area contributed by atoms with E-state index in [4.69, 9.17) is 10.9 Å². The van der Waals surface area contributed by atoms with E-state index in [1.165, 1.54) is 18.2 Å². The second-order valence-corrected chi connectivity index (χ2v) is 5.71. The Hall–Kier alpha value is -1.63. The zero-order valence-electron chi connectivity index (χ0n) is 10.7. The fraction of sp³-hybridized carbons (Fsp3) is 0.385. The van der Waals surface area contributed by atoms with Gasteiger partial charge in [-0.05, 0) is 47.0 Å². The van der Waals surface area contributed by atoms with Crippen molar-refractivity contribution in [2.75, 3.05) is 5.32 Å². The molecule has 1 aliphatic carbocycles. The standard InChI is InChI=1S/C13H15BrFN3O2/c14-9-7-8(15)3-4-10(9)17-12(19)13(11(16)18-20)5-1-2-6-13/h3-4,7,20H,1-2,5-6H2,(H2,16,18)(H,17,19). The van der Waals surface area contributed by atoms with Crippen molar-refractivity contribution in [2.24, 2.45) is 16.3 Å². The van der Waals surface area contributed by atoms with Crippen LogP contribution in [0.15, 0.2) is 27.8 Å². The van der Waals surface area contributed by atoms with Crippen molar-refractivity contribution in [3.8, 4) is 0 Å². The first kappa shape index (κ1) is 14.8. The van der Waals surface area contributed by atoms with Crippen LogP contribution in [0.5, 0.6) is 0 Å². The number of nitrogens with two attached hydrogens (primary N) is 1. The number of carbonyl (C=O) groups excluding carboxylic acids is 1. The second-order valence-electron chi connectivity index (χ2n) is 4.85. The van der Waals surface area contributed by atoms with Gasteiger partial charge in [0.1, 0.15) is 11.2 Å². The zero-order chi connectivity index (χ0) is 14.8. The molecule has 0 radical (unpaired) electrons. The van der Waals surface area contributed by atoms with Gasteiger partial charge in [-0.1, -0.05) is 18.0 Å². The van der Waals surface area contributed by atoms with Crippen molar-refractivity contribution in [1.82, 2.24) is 0 Å². The van der Waals surface area contributed by atoms with Crippen LogP contribution in [-0.2, 0) is 4.79 Å². The molecule has 1 amide bonds. The summed E-state index contributed by atoms with van der Waals surface area (Å²) in [6.45, 7) is 0. The molecule has 0 atom stereocenters. The van der Waals surface area contributed by atoms with Gasteiger partial charge in [-0.15, -0.1) is 0 Å². The predicted molar refractivity (Wildman–Crippen MR) is 77.0 cm³/mol. The molecule has 0 aromatic heterocycles. The summed E-state index contributed by atoms with van der Waals surface area (Å²) < 4.78 is 13.5. The third kappa shape index (κ3) is 2.63. The number of anilines is 1. The summed E-state index contributed by atoms with van der Waals surface area (Å²) in [6, 6.07) is 3.98. The fourth-order valence-electron chi connectivity index (χ4n) is 2.51. The molecule has 0 heterocycles. The van der Waals surface area contributed by atoms with Crippen molar-refractivity contribution in [2.45, 2.75) is 25.7 Å². The number of amides is 1. The highest BCUT2D eigenvalue weighted by Gasteiger charge is 2.45. The summed E-state index contributed by atoms with van der Waals surface area (Å²) in [6.07, 6.45) is 2.75. The lowest BCUT2D eigenvalue weighted by Gasteiger charge is -2.26. The minimum atomic E-state index is -0.984. The summed E-state index contributed by atoms with van der Waals surface area (Å²) >= 11 is 3.19. The number of hydrogen-bond acceptors (Lipinski definition) is 3. The number of halogens is 2. The molecule has 1 saturated carbocycles. The number of rotatable bonds is 3. The third-order valence-corrected chi connectivity index (χ3v) is 4.33. The molecule has 0 bridgehead atoms. The maximum absolute atomic E-state index is 13.0. The number of hydrogen-bond donors (Lipinski definition) is 3. The number of carbonyl (C=O) groups is 1. The second kappa shape index (κ2) is 5.78. The molecule has 0 unspecified atom stereocenters. The summed E-state index contributed by atoms with van der Waals surface area (Å²) in [4.78, 5) is 12.5. The molecule has 1 aromatic rings. The van der Waals surface area contributed by atoms with Gasteiger partial charge >= 0.3 is 0 Å². The average molecular weight is 344 g/mol. The lowest BCUT2D eigenvalue weighted by atomic mass is 9.83. The molecule has 4 N–H and O–H groups in total. The van der Waals surface area contributed by atoms with Gasteiger partial charge in [0.25, 0.3) is 0 Å². The highest BCUT2D eigenvalue weighted by atomic mass is 79.9. The minimum Gasteiger partial charge on any atom is -0.409 e. The first-order chi connectivity index (χ1) is 9.49. The Labute approximate surface area is 124 Å². The van der Waals surface area contributed by atoms with Gasteiger partial charge in [0, 0.05) is 4.47 Å². The Kier molecular flexibility index (Phi) is 4.27. The number of nitrogens with one attached hydrogen (secondary N) is 1. The smallest absolute Gasteiger partial charge is 0.238 e. The first-order valence-electron chi connectivity index (χ1n) is 6.24. The quantitative estimate of drug-likeness (QED) is 0.341. The SMILES string of the molecule is NC(=NO)C1(C(=O)Nc2ccc(F)cc2Br)CCCC1. The molecule has 7 heteroatoms. The van der Waals surface area contributed by atoms with Crippen molar-refractivity contribution < 1.29 is 14.4 Å². The molecule has 0 saturated heterocycles. The number of benzene rings is 1. The average Bonchev–Trinajstić information content (AvgIpc) is 2.91. The molecule has 1 aromatic carbocycles. The van der Waals surface area contributed by atoms with E-state index in [2.05, 4.69) is 26.4 Å². The van der Waals surface area contributed by atoms with Gasteiger partial charge in [0.15, 0.2) is 5.84 Å². The maximum Gasteiger partial charge on any atom is 0.238 e. The molecule has 1 fully saturated rings. The van der Waals surface area contributed by atoms with Crippen LogP contribution in [0.25, 0.3) is 0 Å². The lowest BCUT2D eigenvalue weighted by Crippen LogP contribution is -2.45. The summed E-state index contributed by atoms with van der Waals surface area (Å²) in [7, 11) is 0. The molecule has 1 aliphatic rings. The van der Waals surface area contributed by atoms with Crippen LogP contribution in [-0.4, -0.2) is 17.0 Å². The lowest BCUT2D eigenvalue weighted by molar-refractivity contribution is -0.122. The summed E-state index contributed by atoms with van der Waals surface area (Å²) in [5, 5.41) is 14.6. The Morgan fingerprint density at radius 2 is 2.10 bits per heavy atom. The monoisotopic (exact) mass is 343 g/mol. The van der Waals surface area contributed by atoms with Crippen molar-refractivity contribution in [3.63, 3.8) is 0 Å². The van der Waals surface area contributed by atoms with E-state index in [0.717, 1.165) is 12.8 Å². The molecular formula is C13H15BrFN3O2. The topological polar surface area (TPSA) is 87.7 Å². The molecule has 2 rings (SSSR count). The number of amidine groups is 1. The van der Waals surface area contributed by atoms with Crippen LogP contribution in [0.1, 0.15) is 25.7 Å². The van der Waals surface area contributed by atoms with E-state index >= 15 is 0 Å². The van der Waals surface area contributed by atoms with Gasteiger partial charge < -0.3 is 16.3 Å². The number of nitrogens with zero attached hydrogens (tertiary/aromatic N) is 1. The van der Waals surface area contributed by atoms with E-state index in [1.807, 2.05) is 0 Å². The summed E-state index contributed by atoms with van der Waals surface area (Å²) in [5.41, 5.74) is 5.17. The molecule has 20 heavy (non-hydrogen) atoms. The van der Waals surface area contributed by atoms with E-state index in [1.54, 1.807) is 0 Å². The van der Waals surface area contributed by atoms with Crippen molar-refractivity contribution >= 4 is 33.4 Å². The van der Waals surface area contributed by atoms with Gasteiger partial charge in [-0.2, -0.15) is 0 Å². The Balaban J connectivity index is 2.26. The van der Waals surface area contributed by atoms with E-state index < -0.39 is 11.2 Å². The van der Waals surface area contributed by atoms with Crippen LogP contribution in [0.3, 0.4) is 0 Å². The highest BCUT2D eigenvalue weighted by molar-refractivity contribution is 9.10. The number of oxime groups is 1. The largest absolute Gasteiger partial charge is 0.409 e. The van der Waals surface area contributed by atoms with Crippen molar-refractivity contribution in [1.29, 1.82) is 0 Å². The normalized spacial score (nSPS) is 18.0. The Morgan fingerprint density at radius 1 is 1.45 bits per heavy atom. The molecule has 5 nitrogen and oxygen atoms in total. The van der Waals surface area contributed by atoms with Crippen LogP contribution in [0.4, 0.5) is 10.1 Å². The van der Waals surface area contributed by atoms with Gasteiger partial charge in [0.2, 0.25) is 5.91 Å². The molecule has 108 valence electrons.